The van der Waals surface area contributed by atoms with Gasteiger partial charge in [0.05, 0.1) is 7.11 Å². The average Bonchev–Trinajstić information content (AvgIpc) is 2.60. The fourth-order valence-corrected chi connectivity index (χ4v) is 4.22. The molecule has 2 aliphatic rings. The summed E-state index contributed by atoms with van der Waals surface area (Å²) in [5.74, 6) is 1.27. The van der Waals surface area contributed by atoms with Crippen LogP contribution in [0.15, 0.2) is 36.9 Å². The second-order valence-electron chi connectivity index (χ2n) is 6.80. The molecule has 0 saturated heterocycles. The van der Waals surface area contributed by atoms with E-state index in [9.17, 15) is 5.11 Å². The Morgan fingerprint density at radius 3 is 2.92 bits per heavy atom. The second-order valence-corrected chi connectivity index (χ2v) is 6.80. The number of ether oxygens (including phenoxy) is 1. The van der Waals surface area contributed by atoms with Gasteiger partial charge in [0.15, 0.2) is 0 Å². The van der Waals surface area contributed by atoms with E-state index in [1.54, 1.807) is 7.11 Å². The first-order valence-corrected chi connectivity index (χ1v) is 8.50. The minimum Gasteiger partial charge on any atom is -0.507 e. The van der Waals surface area contributed by atoms with Crippen LogP contribution in [0, 0.1) is 0 Å². The summed E-state index contributed by atoms with van der Waals surface area (Å²) in [5, 5.41) is 10.9. The van der Waals surface area contributed by atoms with Gasteiger partial charge in [-0.1, -0.05) is 18.2 Å². The van der Waals surface area contributed by atoms with Crippen LogP contribution >= 0.6 is 0 Å². The van der Waals surface area contributed by atoms with Gasteiger partial charge in [-0.25, -0.2) is 0 Å². The Hall–Kier alpha value is -2.26. The molecule has 1 N–H and O–H groups in total. The maximum absolute atomic E-state index is 10.9. The number of hydrogen-bond acceptors (Lipinski definition) is 3. The molecule has 24 heavy (non-hydrogen) atoms. The summed E-state index contributed by atoms with van der Waals surface area (Å²) >= 11 is 0. The lowest BCUT2D eigenvalue weighted by atomic mass is 9.76. The molecular formula is C21H23NO2. The first-order valence-electron chi connectivity index (χ1n) is 8.50. The molecular weight excluding hydrogens is 298 g/mol. The maximum atomic E-state index is 10.9. The summed E-state index contributed by atoms with van der Waals surface area (Å²) in [4.78, 5) is 2.43. The number of likely N-dealkylation sites (N-methyl/N-ethyl adjacent to an activating group) is 1. The summed E-state index contributed by atoms with van der Waals surface area (Å²) in [6.07, 6.45) is 4.48. The molecule has 1 aliphatic carbocycles. The highest BCUT2D eigenvalue weighted by molar-refractivity contribution is 5.82. The Bertz CT molecular complexity index is 825. The molecule has 0 fully saturated rings. The Morgan fingerprint density at radius 1 is 1.33 bits per heavy atom. The Morgan fingerprint density at radius 2 is 2.17 bits per heavy atom. The molecule has 1 heterocycles. The van der Waals surface area contributed by atoms with Crippen LogP contribution in [0.4, 0.5) is 0 Å². The van der Waals surface area contributed by atoms with Crippen molar-refractivity contribution in [3.63, 3.8) is 0 Å². The van der Waals surface area contributed by atoms with E-state index >= 15 is 0 Å². The lowest BCUT2D eigenvalue weighted by Gasteiger charge is -2.40. The summed E-state index contributed by atoms with van der Waals surface area (Å²) in [6, 6.07) is 8.82. The quantitative estimate of drug-likeness (QED) is 0.871. The molecule has 4 rings (SSSR count). The molecule has 124 valence electrons. The van der Waals surface area contributed by atoms with Crippen molar-refractivity contribution in [2.75, 3.05) is 20.7 Å². The van der Waals surface area contributed by atoms with Crippen molar-refractivity contribution in [3.8, 4) is 22.6 Å². The first kappa shape index (κ1) is 15.3. The number of phenols is 1. The van der Waals surface area contributed by atoms with Crippen molar-refractivity contribution < 1.29 is 9.84 Å². The molecule has 0 spiro atoms. The zero-order valence-electron chi connectivity index (χ0n) is 14.3. The Labute approximate surface area is 143 Å². The lowest BCUT2D eigenvalue weighted by Crippen LogP contribution is -2.35. The first-order chi connectivity index (χ1) is 11.6. The molecule has 3 heteroatoms. The number of benzene rings is 2. The van der Waals surface area contributed by atoms with E-state index in [4.69, 9.17) is 4.74 Å². The number of methoxy groups -OCH3 is 1. The number of aromatic hydroxyl groups is 1. The van der Waals surface area contributed by atoms with E-state index in [0.717, 1.165) is 41.8 Å². The van der Waals surface area contributed by atoms with Crippen molar-refractivity contribution in [2.24, 2.45) is 0 Å². The predicted octanol–water partition coefficient (Wildman–Crippen LogP) is 3.88. The van der Waals surface area contributed by atoms with Crippen molar-refractivity contribution in [3.05, 3.63) is 59.2 Å². The average molecular weight is 321 g/mol. The number of allylic oxidation sites excluding steroid dienone is 1. The molecule has 0 saturated carbocycles. The highest BCUT2D eigenvalue weighted by Gasteiger charge is 2.34. The van der Waals surface area contributed by atoms with Crippen molar-refractivity contribution in [2.45, 2.75) is 25.3 Å². The number of hydrogen-bond donors (Lipinski definition) is 1. The van der Waals surface area contributed by atoms with Gasteiger partial charge in [-0.2, -0.15) is 0 Å². The molecule has 0 bridgehead atoms. The number of fused-ring (bicyclic) bond motifs is 2. The van der Waals surface area contributed by atoms with E-state index in [0.29, 0.717) is 18.2 Å². The predicted molar refractivity (Wildman–Crippen MR) is 96.8 cm³/mol. The van der Waals surface area contributed by atoms with Crippen LogP contribution in [0.2, 0.25) is 0 Å². The number of phenolic OH excluding ortho intramolecular Hbond substituents is 1. The highest BCUT2D eigenvalue weighted by atomic mass is 16.5. The molecule has 1 atom stereocenters. The second kappa shape index (κ2) is 5.67. The van der Waals surface area contributed by atoms with Gasteiger partial charge in [-0.3, -0.25) is 4.90 Å². The Balaban J connectivity index is 2.01. The maximum Gasteiger partial charge on any atom is 0.127 e. The molecule has 3 nitrogen and oxygen atoms in total. The fraction of sp³-hybridized carbons (Fsp3) is 0.333. The number of nitrogens with zero attached hydrogens (tertiary/aromatic N) is 1. The van der Waals surface area contributed by atoms with Gasteiger partial charge in [0.2, 0.25) is 0 Å². The van der Waals surface area contributed by atoms with Crippen molar-refractivity contribution >= 4 is 0 Å². The fourth-order valence-electron chi connectivity index (χ4n) is 4.22. The molecule has 0 aromatic heterocycles. The summed E-state index contributed by atoms with van der Waals surface area (Å²) in [7, 11) is 3.90. The van der Waals surface area contributed by atoms with E-state index in [1.165, 1.54) is 16.7 Å². The van der Waals surface area contributed by atoms with Crippen LogP contribution in [0.25, 0.3) is 11.1 Å². The van der Waals surface area contributed by atoms with Crippen LogP contribution in [-0.2, 0) is 19.3 Å². The molecule has 2 aromatic carbocycles. The monoisotopic (exact) mass is 321 g/mol. The van der Waals surface area contributed by atoms with Gasteiger partial charge >= 0.3 is 0 Å². The van der Waals surface area contributed by atoms with Gasteiger partial charge < -0.3 is 9.84 Å². The third kappa shape index (κ3) is 2.15. The topological polar surface area (TPSA) is 32.7 Å². The smallest absolute Gasteiger partial charge is 0.127 e. The van der Waals surface area contributed by atoms with E-state index in [-0.39, 0.29) is 0 Å². The molecule has 0 radical (unpaired) electrons. The summed E-state index contributed by atoms with van der Waals surface area (Å²) < 4.78 is 5.53. The van der Waals surface area contributed by atoms with Gasteiger partial charge in [0.25, 0.3) is 0 Å². The molecule has 1 aliphatic heterocycles. The standard InChI is InChI=1S/C21H23NO2/c1-4-5-13-6-7-14-11-18-19-15(8-9-22(18)2)10-16(24-3)12-17(19)20(14)21(13)23/h4,6-7,10,12,18,23H,1,5,8-9,11H2,2-3H3. The third-order valence-electron chi connectivity index (χ3n) is 5.47. The van der Waals surface area contributed by atoms with E-state index < -0.39 is 0 Å². The highest BCUT2D eigenvalue weighted by Crippen LogP contribution is 2.50. The van der Waals surface area contributed by atoms with Crippen LogP contribution in [0.3, 0.4) is 0 Å². The van der Waals surface area contributed by atoms with Gasteiger partial charge in [0.1, 0.15) is 11.5 Å². The minimum absolute atomic E-state index is 0.381. The van der Waals surface area contributed by atoms with E-state index in [2.05, 4.69) is 36.7 Å². The minimum atomic E-state index is 0.381. The van der Waals surface area contributed by atoms with Gasteiger partial charge in [0, 0.05) is 18.2 Å². The molecule has 1 unspecified atom stereocenters. The van der Waals surface area contributed by atoms with Gasteiger partial charge in [-0.15, -0.1) is 6.58 Å². The zero-order valence-corrected chi connectivity index (χ0v) is 14.3. The van der Waals surface area contributed by atoms with Crippen molar-refractivity contribution in [1.29, 1.82) is 0 Å². The normalized spacial score (nSPS) is 18.7. The Kier molecular flexibility index (Phi) is 3.61. The van der Waals surface area contributed by atoms with Gasteiger partial charge in [-0.05, 0) is 66.3 Å². The van der Waals surface area contributed by atoms with Crippen LogP contribution in [0.5, 0.6) is 11.5 Å². The SMILES string of the molecule is C=CCc1ccc2c(c1O)-c1cc(OC)cc3c1C(C2)N(C)CC3. The summed E-state index contributed by atoms with van der Waals surface area (Å²) in [6.45, 7) is 4.86. The van der Waals surface area contributed by atoms with Crippen molar-refractivity contribution in [1.82, 2.24) is 4.90 Å². The number of rotatable bonds is 3. The zero-order chi connectivity index (χ0) is 16.8. The van der Waals surface area contributed by atoms with E-state index in [1.807, 2.05) is 12.1 Å². The summed E-state index contributed by atoms with van der Waals surface area (Å²) in [5.41, 5.74) is 6.98. The molecule has 0 amide bonds. The van der Waals surface area contributed by atoms with Crippen LogP contribution < -0.4 is 4.74 Å². The third-order valence-corrected chi connectivity index (χ3v) is 5.47. The lowest BCUT2D eigenvalue weighted by molar-refractivity contribution is 0.227. The largest absolute Gasteiger partial charge is 0.507 e. The van der Waals surface area contributed by atoms with Crippen LogP contribution in [-0.4, -0.2) is 30.7 Å². The van der Waals surface area contributed by atoms with Crippen LogP contribution in [0.1, 0.15) is 28.3 Å². The molecule has 2 aromatic rings.